The molecule has 2 aromatic rings. The minimum Gasteiger partial charge on any atom is -0.321 e. The topological polar surface area (TPSA) is 102 Å². The van der Waals surface area contributed by atoms with E-state index in [2.05, 4.69) is 9.71 Å². The van der Waals surface area contributed by atoms with Crippen molar-refractivity contribution < 1.29 is 22.0 Å². The van der Waals surface area contributed by atoms with Gasteiger partial charge in [0.1, 0.15) is 17.3 Å². The molecular formula is C17H19F2N3O3S. The van der Waals surface area contributed by atoms with Crippen LogP contribution in [-0.4, -0.2) is 32.0 Å². The van der Waals surface area contributed by atoms with E-state index in [-0.39, 0.29) is 23.5 Å². The number of aromatic nitrogens is 1. The number of carbonyl (C=O) groups is 1. The van der Waals surface area contributed by atoms with Crippen LogP contribution in [0, 0.1) is 11.6 Å². The lowest BCUT2D eigenvalue weighted by molar-refractivity contribution is 0.0988. The lowest BCUT2D eigenvalue weighted by atomic mass is 9.92. The van der Waals surface area contributed by atoms with Gasteiger partial charge in [-0.25, -0.2) is 21.9 Å². The van der Waals surface area contributed by atoms with E-state index < -0.39 is 32.9 Å². The molecule has 140 valence electrons. The molecule has 0 radical (unpaired) electrons. The largest absolute Gasteiger partial charge is 0.321 e. The number of halogens is 2. The molecule has 0 fully saturated rings. The zero-order valence-corrected chi connectivity index (χ0v) is 15.1. The van der Waals surface area contributed by atoms with Crippen molar-refractivity contribution in [3.63, 3.8) is 0 Å². The van der Waals surface area contributed by atoms with Gasteiger partial charge in [-0.1, -0.05) is 12.1 Å². The molecule has 0 bridgehead atoms. The summed E-state index contributed by atoms with van der Waals surface area (Å²) in [5.41, 5.74) is 5.02. The second-order valence-electron chi connectivity index (χ2n) is 6.16. The molecule has 0 aliphatic heterocycles. The molecule has 9 heteroatoms. The van der Waals surface area contributed by atoms with Crippen LogP contribution < -0.4 is 10.5 Å². The Morgan fingerprint density at radius 3 is 2.54 bits per heavy atom. The number of hydrogen-bond donors (Lipinski definition) is 2. The predicted octanol–water partition coefficient (Wildman–Crippen LogP) is 1.51. The Balaban J connectivity index is 2.29. The average Bonchev–Trinajstić information content (AvgIpc) is 2.56. The summed E-state index contributed by atoms with van der Waals surface area (Å²) < 4.78 is 52.8. The third-order valence-corrected chi connectivity index (χ3v) is 5.43. The average molecular weight is 383 g/mol. The summed E-state index contributed by atoms with van der Waals surface area (Å²) in [7, 11) is -2.44. The fourth-order valence-corrected chi connectivity index (χ4v) is 3.57. The van der Waals surface area contributed by atoms with Crippen molar-refractivity contribution in [2.45, 2.75) is 18.9 Å². The zero-order valence-electron chi connectivity index (χ0n) is 14.3. The van der Waals surface area contributed by atoms with Gasteiger partial charge in [0, 0.05) is 12.0 Å². The number of hydrogen-bond acceptors (Lipinski definition) is 5. The molecule has 1 aromatic carbocycles. The summed E-state index contributed by atoms with van der Waals surface area (Å²) >= 11 is 0. The first-order valence-corrected chi connectivity index (χ1v) is 9.33. The lowest BCUT2D eigenvalue weighted by Gasteiger charge is -2.25. The van der Waals surface area contributed by atoms with Gasteiger partial charge in [-0.15, -0.1) is 0 Å². The summed E-state index contributed by atoms with van der Waals surface area (Å²) in [5, 5.41) is 0. The number of rotatable bonds is 7. The quantitative estimate of drug-likeness (QED) is 0.706. The monoisotopic (exact) mass is 383 g/mol. The molecule has 1 atom stereocenters. The normalized spacial score (nSPS) is 14.0. The molecule has 26 heavy (non-hydrogen) atoms. The van der Waals surface area contributed by atoms with E-state index >= 15 is 0 Å². The van der Waals surface area contributed by atoms with Crippen LogP contribution in [0.5, 0.6) is 0 Å². The molecule has 0 unspecified atom stereocenters. The standard InChI is InChI=1S/C17H19F2N3O3S/c1-17(20,10-26(24,25)21-2)13-7-11(3-5-14(13)19)8-16(23)15-6-4-12(18)9-22-15/h3-7,9,21H,8,10,20H2,1-2H3/t17-/m0/s1. The molecular weight excluding hydrogens is 364 g/mol. The first-order valence-electron chi connectivity index (χ1n) is 7.68. The van der Waals surface area contributed by atoms with Gasteiger partial charge in [-0.05, 0) is 37.7 Å². The number of pyridine rings is 1. The molecule has 0 saturated heterocycles. The smallest absolute Gasteiger partial charge is 0.213 e. The molecule has 0 amide bonds. The zero-order chi connectivity index (χ0) is 19.5. The highest BCUT2D eigenvalue weighted by Crippen LogP contribution is 2.24. The third kappa shape index (κ3) is 4.90. The second-order valence-corrected chi connectivity index (χ2v) is 8.08. The maximum atomic E-state index is 14.2. The molecule has 1 aromatic heterocycles. The summed E-state index contributed by atoms with van der Waals surface area (Å²) in [5.74, 6) is -2.14. The van der Waals surface area contributed by atoms with Crippen LogP contribution in [0.15, 0.2) is 36.5 Å². The van der Waals surface area contributed by atoms with Crippen molar-refractivity contribution in [3.8, 4) is 0 Å². The lowest BCUT2D eigenvalue weighted by Crippen LogP contribution is -2.44. The van der Waals surface area contributed by atoms with Crippen molar-refractivity contribution in [2.24, 2.45) is 5.73 Å². The molecule has 2 rings (SSSR count). The first kappa shape index (κ1) is 20.1. The third-order valence-electron chi connectivity index (χ3n) is 3.82. The Morgan fingerprint density at radius 1 is 1.27 bits per heavy atom. The van der Waals surface area contributed by atoms with Crippen molar-refractivity contribution in [2.75, 3.05) is 12.8 Å². The van der Waals surface area contributed by atoms with E-state index in [1.54, 1.807) is 0 Å². The number of nitrogens with two attached hydrogens (primary N) is 1. The molecule has 0 spiro atoms. The Bertz CT molecular complexity index is 913. The Hall–Kier alpha value is -2.23. The molecule has 0 saturated carbocycles. The van der Waals surface area contributed by atoms with Gasteiger partial charge >= 0.3 is 0 Å². The van der Waals surface area contributed by atoms with Crippen molar-refractivity contribution in [1.82, 2.24) is 9.71 Å². The van der Waals surface area contributed by atoms with E-state index in [9.17, 15) is 22.0 Å². The number of ketones is 1. The highest BCUT2D eigenvalue weighted by atomic mass is 32.2. The van der Waals surface area contributed by atoms with Crippen LogP contribution in [-0.2, 0) is 22.0 Å². The van der Waals surface area contributed by atoms with Gasteiger partial charge in [0.05, 0.1) is 17.5 Å². The minimum absolute atomic E-state index is 0.0197. The summed E-state index contributed by atoms with van der Waals surface area (Å²) in [6.45, 7) is 1.40. The highest BCUT2D eigenvalue weighted by molar-refractivity contribution is 7.89. The number of Topliss-reactive ketones (excluding diaryl/α,β-unsaturated/α-hetero) is 1. The number of sulfonamides is 1. The minimum atomic E-state index is -3.68. The summed E-state index contributed by atoms with van der Waals surface area (Å²) in [4.78, 5) is 15.9. The number of carbonyl (C=O) groups excluding carboxylic acids is 1. The molecule has 6 nitrogen and oxygen atoms in total. The Kier molecular flexibility index (Phi) is 5.84. The molecule has 0 aliphatic rings. The highest BCUT2D eigenvalue weighted by Gasteiger charge is 2.31. The maximum Gasteiger partial charge on any atom is 0.213 e. The van der Waals surface area contributed by atoms with E-state index in [0.717, 1.165) is 18.3 Å². The van der Waals surface area contributed by atoms with Crippen LogP contribution in [0.25, 0.3) is 0 Å². The molecule has 0 aliphatic carbocycles. The number of benzene rings is 1. The molecule has 3 N–H and O–H groups in total. The van der Waals surface area contributed by atoms with E-state index in [1.165, 1.54) is 32.2 Å². The SMILES string of the molecule is CNS(=O)(=O)C[C@](C)(N)c1cc(CC(=O)c2ccc(F)cn2)ccc1F. The Labute approximate surface area is 150 Å². The number of nitrogens with one attached hydrogen (secondary N) is 1. The van der Waals surface area contributed by atoms with Crippen LogP contribution in [0.3, 0.4) is 0 Å². The van der Waals surface area contributed by atoms with Crippen molar-refractivity contribution in [1.29, 1.82) is 0 Å². The van der Waals surface area contributed by atoms with Gasteiger partial charge in [-0.2, -0.15) is 0 Å². The fraction of sp³-hybridized carbons (Fsp3) is 0.294. The van der Waals surface area contributed by atoms with Crippen LogP contribution in [0.4, 0.5) is 8.78 Å². The second kappa shape index (κ2) is 7.56. The predicted molar refractivity (Wildman–Crippen MR) is 93.0 cm³/mol. The van der Waals surface area contributed by atoms with E-state index in [1.807, 2.05) is 0 Å². The summed E-state index contributed by atoms with van der Waals surface area (Å²) in [6, 6.07) is 6.28. The van der Waals surface area contributed by atoms with Gasteiger partial charge < -0.3 is 5.73 Å². The summed E-state index contributed by atoms with van der Waals surface area (Å²) in [6.07, 6.45) is 0.823. The first-order chi connectivity index (χ1) is 12.0. The van der Waals surface area contributed by atoms with E-state index in [4.69, 9.17) is 5.73 Å². The van der Waals surface area contributed by atoms with Gasteiger partial charge in [0.15, 0.2) is 5.78 Å². The maximum absolute atomic E-state index is 14.2. The van der Waals surface area contributed by atoms with Gasteiger partial charge in [0.25, 0.3) is 0 Å². The molecule has 1 heterocycles. The van der Waals surface area contributed by atoms with Crippen LogP contribution in [0.1, 0.15) is 28.5 Å². The van der Waals surface area contributed by atoms with Crippen molar-refractivity contribution in [3.05, 3.63) is 65.0 Å². The van der Waals surface area contributed by atoms with Crippen LogP contribution >= 0.6 is 0 Å². The van der Waals surface area contributed by atoms with Gasteiger partial charge in [-0.3, -0.25) is 9.78 Å². The van der Waals surface area contributed by atoms with Gasteiger partial charge in [0.2, 0.25) is 10.0 Å². The Morgan fingerprint density at radius 2 is 1.96 bits per heavy atom. The fourth-order valence-electron chi connectivity index (χ4n) is 2.48. The van der Waals surface area contributed by atoms with E-state index in [0.29, 0.717) is 5.56 Å². The van der Waals surface area contributed by atoms with Crippen molar-refractivity contribution >= 4 is 15.8 Å². The van der Waals surface area contributed by atoms with Crippen LogP contribution in [0.2, 0.25) is 0 Å². The number of nitrogens with zero attached hydrogens (tertiary/aromatic N) is 1.